The van der Waals surface area contributed by atoms with Gasteiger partial charge in [-0.15, -0.1) is 0 Å². The van der Waals surface area contributed by atoms with Crippen molar-refractivity contribution in [3.8, 4) is 0 Å². The van der Waals surface area contributed by atoms with E-state index in [1.807, 2.05) is 31.7 Å². The van der Waals surface area contributed by atoms with Gasteiger partial charge >= 0.3 is 0 Å². The van der Waals surface area contributed by atoms with Gasteiger partial charge in [0, 0.05) is 48.9 Å². The zero-order valence-electron chi connectivity index (χ0n) is 19.1. The number of hydrogen-bond donors (Lipinski definition) is 0. The molecule has 2 saturated heterocycles. The highest BCUT2D eigenvalue weighted by Crippen LogP contribution is 2.36. The molecule has 0 N–H and O–H groups in total. The van der Waals surface area contributed by atoms with Crippen LogP contribution in [-0.4, -0.2) is 57.8 Å². The normalized spacial score (nSPS) is 20.4. The molecule has 3 heterocycles. The first kappa shape index (κ1) is 22.4. The molecule has 32 heavy (non-hydrogen) atoms. The van der Waals surface area contributed by atoms with Crippen LogP contribution in [0.5, 0.6) is 0 Å². The van der Waals surface area contributed by atoms with E-state index >= 15 is 0 Å². The second-order valence-corrected chi connectivity index (χ2v) is 9.49. The molecule has 4 rings (SSSR count). The average Bonchev–Trinajstić information content (AvgIpc) is 3.23. The summed E-state index contributed by atoms with van der Waals surface area (Å²) in [6, 6.07) is 8.13. The summed E-state index contributed by atoms with van der Waals surface area (Å²) in [7, 11) is 0. The molecule has 0 saturated carbocycles. The Labute approximate surface area is 188 Å². The largest absolute Gasteiger partial charge is 0.342 e. The van der Waals surface area contributed by atoms with Crippen LogP contribution in [0.25, 0.3) is 0 Å². The van der Waals surface area contributed by atoms with E-state index < -0.39 is 5.41 Å². The van der Waals surface area contributed by atoms with Gasteiger partial charge in [0.15, 0.2) is 0 Å². The van der Waals surface area contributed by atoms with Crippen molar-refractivity contribution >= 4 is 11.8 Å². The third-order valence-corrected chi connectivity index (χ3v) is 6.82. The number of halogens is 1. The van der Waals surface area contributed by atoms with Crippen LogP contribution in [0, 0.1) is 25.1 Å². The lowest BCUT2D eigenvalue weighted by Crippen LogP contribution is -2.49. The molecule has 2 aliphatic rings. The van der Waals surface area contributed by atoms with Crippen LogP contribution in [0.2, 0.25) is 0 Å². The number of likely N-dealkylation sites (tertiary alicyclic amines) is 2. The summed E-state index contributed by atoms with van der Waals surface area (Å²) in [6.07, 6.45) is 2.35. The minimum Gasteiger partial charge on any atom is -0.342 e. The first-order valence-corrected chi connectivity index (χ1v) is 11.4. The van der Waals surface area contributed by atoms with Gasteiger partial charge < -0.3 is 9.80 Å². The van der Waals surface area contributed by atoms with Crippen molar-refractivity contribution in [1.29, 1.82) is 0 Å². The minimum absolute atomic E-state index is 0.0155. The van der Waals surface area contributed by atoms with Crippen LogP contribution >= 0.6 is 0 Å². The van der Waals surface area contributed by atoms with Crippen LogP contribution in [0.15, 0.2) is 30.3 Å². The first-order valence-electron chi connectivity index (χ1n) is 11.4. The second-order valence-electron chi connectivity index (χ2n) is 9.49. The number of aromatic nitrogens is 2. The van der Waals surface area contributed by atoms with Crippen LogP contribution in [0.3, 0.4) is 0 Å². The SMILES string of the molecule is Cc1cc(C)nc([C@H]2CCN(C(=O)C3(C)CCN(C(=O)Cc4cccc(F)c4)CC3)C2)n1. The van der Waals surface area contributed by atoms with Crippen LogP contribution in [0.1, 0.15) is 54.9 Å². The number of carbonyl (C=O) groups excluding carboxylic acids is 2. The van der Waals surface area contributed by atoms with Crippen LogP contribution in [-0.2, 0) is 16.0 Å². The van der Waals surface area contributed by atoms with Gasteiger partial charge in [0.05, 0.1) is 6.42 Å². The Morgan fingerprint density at radius 2 is 1.75 bits per heavy atom. The number of nitrogens with zero attached hydrogens (tertiary/aromatic N) is 4. The smallest absolute Gasteiger partial charge is 0.228 e. The van der Waals surface area contributed by atoms with Gasteiger partial charge in [-0.05, 0) is 56.9 Å². The quantitative estimate of drug-likeness (QED) is 0.734. The Balaban J connectivity index is 1.33. The third kappa shape index (κ3) is 4.81. The lowest BCUT2D eigenvalue weighted by Gasteiger charge is -2.40. The molecule has 0 radical (unpaired) electrons. The van der Waals surface area contributed by atoms with E-state index in [1.165, 1.54) is 12.1 Å². The molecule has 7 heteroatoms. The molecule has 0 bridgehead atoms. The molecule has 2 aliphatic heterocycles. The van der Waals surface area contributed by atoms with Crippen molar-refractivity contribution in [2.45, 2.75) is 52.4 Å². The highest BCUT2D eigenvalue weighted by molar-refractivity contribution is 5.84. The summed E-state index contributed by atoms with van der Waals surface area (Å²) in [6.45, 7) is 8.43. The van der Waals surface area contributed by atoms with Crippen molar-refractivity contribution in [1.82, 2.24) is 19.8 Å². The summed E-state index contributed by atoms with van der Waals surface area (Å²) < 4.78 is 13.4. The molecule has 0 unspecified atom stereocenters. The highest BCUT2D eigenvalue weighted by Gasteiger charge is 2.42. The van der Waals surface area contributed by atoms with Crippen LogP contribution in [0.4, 0.5) is 4.39 Å². The Bertz CT molecular complexity index is 997. The van der Waals surface area contributed by atoms with Gasteiger partial charge in [-0.3, -0.25) is 9.59 Å². The van der Waals surface area contributed by atoms with Crippen molar-refractivity contribution < 1.29 is 14.0 Å². The highest BCUT2D eigenvalue weighted by atomic mass is 19.1. The molecule has 1 aromatic heterocycles. The fraction of sp³-hybridized carbons (Fsp3) is 0.520. The van der Waals surface area contributed by atoms with E-state index in [1.54, 1.807) is 17.0 Å². The van der Waals surface area contributed by atoms with Crippen molar-refractivity contribution in [2.75, 3.05) is 26.2 Å². The van der Waals surface area contributed by atoms with Gasteiger partial charge in [-0.2, -0.15) is 0 Å². The van der Waals surface area contributed by atoms with Gasteiger partial charge in [-0.1, -0.05) is 19.1 Å². The summed E-state index contributed by atoms with van der Waals surface area (Å²) in [4.78, 5) is 39.0. The molecule has 6 nitrogen and oxygen atoms in total. The molecule has 1 atom stereocenters. The van der Waals surface area contributed by atoms with E-state index in [9.17, 15) is 14.0 Å². The molecular formula is C25H31FN4O2. The number of piperidine rings is 1. The summed E-state index contributed by atoms with van der Waals surface area (Å²) >= 11 is 0. The summed E-state index contributed by atoms with van der Waals surface area (Å²) in [5, 5.41) is 0. The number of benzene rings is 1. The summed E-state index contributed by atoms with van der Waals surface area (Å²) in [5.74, 6) is 0.831. The van der Waals surface area contributed by atoms with E-state index in [0.29, 0.717) is 38.0 Å². The van der Waals surface area contributed by atoms with E-state index in [-0.39, 0.29) is 30.0 Å². The topological polar surface area (TPSA) is 66.4 Å². The van der Waals surface area contributed by atoms with E-state index in [0.717, 1.165) is 30.2 Å². The summed E-state index contributed by atoms with van der Waals surface area (Å²) in [5.41, 5.74) is 2.13. The molecule has 1 aromatic carbocycles. The van der Waals surface area contributed by atoms with Crippen molar-refractivity contribution in [2.24, 2.45) is 5.41 Å². The zero-order valence-corrected chi connectivity index (χ0v) is 19.1. The lowest BCUT2D eigenvalue weighted by molar-refractivity contribution is -0.146. The average molecular weight is 439 g/mol. The monoisotopic (exact) mass is 438 g/mol. The molecule has 2 aromatic rings. The third-order valence-electron chi connectivity index (χ3n) is 6.82. The number of carbonyl (C=O) groups is 2. The number of aryl methyl sites for hydroxylation is 2. The van der Waals surface area contributed by atoms with Gasteiger partial charge in [0.2, 0.25) is 11.8 Å². The predicted molar refractivity (Wildman–Crippen MR) is 119 cm³/mol. The Hall–Kier alpha value is -2.83. The predicted octanol–water partition coefficient (Wildman–Crippen LogP) is 3.42. The first-order chi connectivity index (χ1) is 15.2. The van der Waals surface area contributed by atoms with E-state index in [4.69, 9.17) is 0 Å². The maximum absolute atomic E-state index is 13.4. The molecule has 170 valence electrons. The van der Waals surface area contributed by atoms with Crippen molar-refractivity contribution in [3.63, 3.8) is 0 Å². The fourth-order valence-electron chi connectivity index (χ4n) is 4.87. The number of rotatable bonds is 4. The molecule has 2 amide bonds. The Kier molecular flexibility index (Phi) is 6.26. The number of amides is 2. The Morgan fingerprint density at radius 1 is 1.06 bits per heavy atom. The van der Waals surface area contributed by atoms with Gasteiger partial charge in [-0.25, -0.2) is 14.4 Å². The molecular weight excluding hydrogens is 407 g/mol. The maximum Gasteiger partial charge on any atom is 0.228 e. The minimum atomic E-state index is -0.464. The maximum atomic E-state index is 13.4. The zero-order chi connectivity index (χ0) is 22.9. The standard InChI is InChI=1S/C25H31FN4O2/c1-17-13-18(2)28-23(27-17)20-7-10-30(16-20)24(32)25(3)8-11-29(12-9-25)22(31)15-19-5-4-6-21(26)14-19/h4-6,13-14,20H,7-12,15-16H2,1-3H3/t20-/m0/s1. The Morgan fingerprint density at radius 3 is 2.41 bits per heavy atom. The number of hydrogen-bond acceptors (Lipinski definition) is 4. The molecule has 2 fully saturated rings. The van der Waals surface area contributed by atoms with Crippen LogP contribution < -0.4 is 0 Å². The second kappa shape index (κ2) is 8.96. The van der Waals surface area contributed by atoms with E-state index in [2.05, 4.69) is 9.97 Å². The lowest BCUT2D eigenvalue weighted by atomic mass is 9.79. The fourth-order valence-corrected chi connectivity index (χ4v) is 4.87. The van der Waals surface area contributed by atoms with Gasteiger partial charge in [0.25, 0.3) is 0 Å². The molecule has 0 spiro atoms. The van der Waals surface area contributed by atoms with Crippen molar-refractivity contribution in [3.05, 3.63) is 58.9 Å². The molecule has 0 aliphatic carbocycles. The van der Waals surface area contributed by atoms with Gasteiger partial charge in [0.1, 0.15) is 11.6 Å².